The molecule has 0 radical (unpaired) electrons. The maximum absolute atomic E-state index is 6.07. The summed E-state index contributed by atoms with van der Waals surface area (Å²) >= 11 is 0. The Morgan fingerprint density at radius 2 is 2.05 bits per heavy atom. The normalized spacial score (nSPS) is 12.7. The molecule has 0 aliphatic heterocycles. The van der Waals surface area contributed by atoms with Crippen molar-refractivity contribution in [2.75, 3.05) is 12.8 Å². The lowest BCUT2D eigenvalue weighted by Crippen LogP contribution is -2.20. The number of rotatable bonds is 3. The highest BCUT2D eigenvalue weighted by molar-refractivity contribution is 5.82. The summed E-state index contributed by atoms with van der Waals surface area (Å²) in [6.07, 6.45) is 3.52. The zero-order valence-electron chi connectivity index (χ0n) is 11.6. The second kappa shape index (κ2) is 4.98. The molecule has 2 aromatic heterocycles. The van der Waals surface area contributed by atoms with Gasteiger partial charge in [-0.1, -0.05) is 18.2 Å². The Hall–Kier alpha value is -2.33. The van der Waals surface area contributed by atoms with Gasteiger partial charge in [0.05, 0.1) is 12.3 Å². The number of nitrogens with one attached hydrogen (secondary N) is 1. The number of aryl methyl sites for hydroxylation is 1. The fraction of sp³-hybridized carbons (Fsp3) is 0.188. The predicted molar refractivity (Wildman–Crippen MR) is 80.5 cm³/mol. The van der Waals surface area contributed by atoms with E-state index in [-0.39, 0.29) is 6.04 Å². The van der Waals surface area contributed by atoms with Crippen LogP contribution in [0.4, 0.5) is 5.82 Å². The molecule has 0 spiro atoms. The van der Waals surface area contributed by atoms with Gasteiger partial charge >= 0.3 is 0 Å². The molecule has 1 aromatic carbocycles. The molecule has 0 saturated carbocycles. The molecule has 0 bridgehead atoms. The summed E-state index contributed by atoms with van der Waals surface area (Å²) in [5.41, 5.74) is 10.1. The topological polar surface area (TPSA) is 64.1 Å². The zero-order chi connectivity index (χ0) is 14.1. The minimum atomic E-state index is -0.0349. The number of para-hydroxylation sites is 1. The molecular weight excluding hydrogens is 250 g/mol. The second-order valence-corrected chi connectivity index (χ2v) is 4.84. The number of furan rings is 1. The Balaban J connectivity index is 2.20. The van der Waals surface area contributed by atoms with Crippen molar-refractivity contribution in [2.24, 2.45) is 0 Å². The van der Waals surface area contributed by atoms with Gasteiger partial charge in [-0.3, -0.25) is 0 Å². The van der Waals surface area contributed by atoms with Gasteiger partial charge in [0.2, 0.25) is 0 Å². The molecule has 3 aromatic rings. The fourth-order valence-electron chi connectivity index (χ4n) is 2.64. The third-order valence-corrected chi connectivity index (χ3v) is 3.64. The van der Waals surface area contributed by atoms with Crippen LogP contribution in [0.15, 0.2) is 47.2 Å². The summed E-state index contributed by atoms with van der Waals surface area (Å²) in [5.74, 6) is 0.551. The van der Waals surface area contributed by atoms with Gasteiger partial charge in [-0.25, -0.2) is 4.98 Å². The SMILES string of the molecule is CNC(c1c(C)ccnc1N)c1coc2ccccc12. The molecule has 4 nitrogen and oxygen atoms in total. The summed E-state index contributed by atoms with van der Waals surface area (Å²) in [4.78, 5) is 4.21. The van der Waals surface area contributed by atoms with E-state index in [9.17, 15) is 0 Å². The molecule has 3 rings (SSSR count). The Morgan fingerprint density at radius 3 is 2.80 bits per heavy atom. The first kappa shape index (κ1) is 12.7. The van der Waals surface area contributed by atoms with Gasteiger partial charge in [-0.15, -0.1) is 0 Å². The van der Waals surface area contributed by atoms with E-state index in [1.165, 1.54) is 0 Å². The second-order valence-electron chi connectivity index (χ2n) is 4.84. The lowest BCUT2D eigenvalue weighted by atomic mass is 9.95. The molecule has 3 N–H and O–H groups in total. The fourth-order valence-corrected chi connectivity index (χ4v) is 2.64. The number of nitrogens with two attached hydrogens (primary N) is 1. The number of benzene rings is 1. The van der Waals surface area contributed by atoms with Crippen molar-refractivity contribution < 1.29 is 4.42 Å². The molecule has 1 atom stereocenters. The van der Waals surface area contributed by atoms with Crippen molar-refractivity contribution in [1.29, 1.82) is 0 Å². The molecule has 102 valence electrons. The van der Waals surface area contributed by atoms with Crippen LogP contribution in [0.5, 0.6) is 0 Å². The lowest BCUT2D eigenvalue weighted by Gasteiger charge is -2.19. The first-order chi connectivity index (χ1) is 9.72. The lowest BCUT2D eigenvalue weighted by molar-refractivity contribution is 0.596. The summed E-state index contributed by atoms with van der Waals surface area (Å²) < 4.78 is 5.63. The van der Waals surface area contributed by atoms with E-state index >= 15 is 0 Å². The molecule has 0 fully saturated rings. The molecule has 0 aliphatic rings. The van der Waals surface area contributed by atoms with Gasteiger partial charge in [-0.05, 0) is 31.7 Å². The van der Waals surface area contributed by atoms with Crippen molar-refractivity contribution >= 4 is 16.8 Å². The van der Waals surface area contributed by atoms with Gasteiger partial charge in [0.25, 0.3) is 0 Å². The van der Waals surface area contributed by atoms with Crippen LogP contribution in [0.25, 0.3) is 11.0 Å². The third kappa shape index (κ3) is 1.94. The van der Waals surface area contributed by atoms with Crippen LogP contribution in [0.1, 0.15) is 22.7 Å². The van der Waals surface area contributed by atoms with Gasteiger partial charge in [-0.2, -0.15) is 0 Å². The maximum atomic E-state index is 6.07. The Morgan fingerprint density at radius 1 is 1.25 bits per heavy atom. The maximum Gasteiger partial charge on any atom is 0.134 e. The number of fused-ring (bicyclic) bond motifs is 1. The first-order valence-corrected chi connectivity index (χ1v) is 6.56. The Kier molecular flexibility index (Phi) is 3.16. The minimum Gasteiger partial charge on any atom is -0.464 e. The monoisotopic (exact) mass is 267 g/mol. The van der Waals surface area contributed by atoms with E-state index in [4.69, 9.17) is 10.2 Å². The van der Waals surface area contributed by atoms with Crippen LogP contribution in [-0.4, -0.2) is 12.0 Å². The highest BCUT2D eigenvalue weighted by atomic mass is 16.3. The summed E-state index contributed by atoms with van der Waals surface area (Å²) in [6.45, 7) is 2.04. The van der Waals surface area contributed by atoms with Crippen molar-refractivity contribution in [3.05, 3.63) is 59.5 Å². The van der Waals surface area contributed by atoms with Crippen molar-refractivity contribution in [1.82, 2.24) is 10.3 Å². The first-order valence-electron chi connectivity index (χ1n) is 6.56. The standard InChI is InChI=1S/C16H17N3O/c1-10-7-8-19-16(17)14(10)15(18-2)12-9-20-13-6-4-3-5-11(12)13/h3-9,15,18H,1-2H3,(H2,17,19). The van der Waals surface area contributed by atoms with Crippen LogP contribution >= 0.6 is 0 Å². The quantitative estimate of drug-likeness (QED) is 0.765. The smallest absolute Gasteiger partial charge is 0.134 e. The molecule has 0 saturated heterocycles. The van der Waals surface area contributed by atoms with Crippen LogP contribution in [0.3, 0.4) is 0 Å². The molecule has 20 heavy (non-hydrogen) atoms. The molecular formula is C16H17N3O. The van der Waals surface area contributed by atoms with Gasteiger partial charge in [0.1, 0.15) is 11.4 Å². The average molecular weight is 267 g/mol. The number of aromatic nitrogens is 1. The highest BCUT2D eigenvalue weighted by Gasteiger charge is 2.21. The van der Waals surface area contributed by atoms with Gasteiger partial charge < -0.3 is 15.5 Å². The van der Waals surface area contributed by atoms with Crippen LogP contribution in [-0.2, 0) is 0 Å². The van der Waals surface area contributed by atoms with Crippen molar-refractivity contribution in [3.8, 4) is 0 Å². The number of nitrogens with zero attached hydrogens (tertiary/aromatic N) is 1. The molecule has 0 aliphatic carbocycles. The van der Waals surface area contributed by atoms with Crippen LogP contribution < -0.4 is 11.1 Å². The van der Waals surface area contributed by atoms with E-state index in [0.717, 1.165) is 27.7 Å². The number of hydrogen-bond donors (Lipinski definition) is 2. The van der Waals surface area contributed by atoms with Crippen LogP contribution in [0.2, 0.25) is 0 Å². The zero-order valence-corrected chi connectivity index (χ0v) is 11.6. The molecule has 2 heterocycles. The van der Waals surface area contributed by atoms with E-state index < -0.39 is 0 Å². The predicted octanol–water partition coefficient (Wildman–Crippen LogP) is 3.03. The van der Waals surface area contributed by atoms with E-state index in [1.54, 1.807) is 12.5 Å². The average Bonchev–Trinajstić information content (AvgIpc) is 2.87. The molecule has 1 unspecified atom stereocenters. The highest BCUT2D eigenvalue weighted by Crippen LogP contribution is 2.33. The molecule has 4 heteroatoms. The van der Waals surface area contributed by atoms with Crippen molar-refractivity contribution in [3.63, 3.8) is 0 Å². The number of hydrogen-bond acceptors (Lipinski definition) is 4. The minimum absolute atomic E-state index is 0.0349. The van der Waals surface area contributed by atoms with Crippen LogP contribution in [0, 0.1) is 6.92 Å². The van der Waals surface area contributed by atoms with E-state index in [2.05, 4.69) is 16.4 Å². The third-order valence-electron chi connectivity index (χ3n) is 3.64. The van der Waals surface area contributed by atoms with Gasteiger partial charge in [0, 0.05) is 22.7 Å². The van der Waals surface area contributed by atoms with Gasteiger partial charge in [0.15, 0.2) is 0 Å². The number of pyridine rings is 1. The van der Waals surface area contributed by atoms with E-state index in [0.29, 0.717) is 5.82 Å². The summed E-state index contributed by atoms with van der Waals surface area (Å²) in [6, 6.07) is 9.93. The number of nitrogen functional groups attached to an aromatic ring is 1. The van der Waals surface area contributed by atoms with Crippen molar-refractivity contribution in [2.45, 2.75) is 13.0 Å². The Bertz CT molecular complexity index is 728. The van der Waals surface area contributed by atoms with E-state index in [1.807, 2.05) is 38.2 Å². The Labute approximate surface area is 117 Å². The largest absolute Gasteiger partial charge is 0.464 e. The summed E-state index contributed by atoms with van der Waals surface area (Å²) in [7, 11) is 1.92. The number of anilines is 1. The molecule has 0 amide bonds. The summed E-state index contributed by atoms with van der Waals surface area (Å²) in [5, 5.41) is 4.41.